The molecule has 0 radical (unpaired) electrons. The van der Waals surface area contributed by atoms with E-state index in [1.807, 2.05) is 27.7 Å². The van der Waals surface area contributed by atoms with Crippen molar-refractivity contribution in [2.24, 2.45) is 0 Å². The molecule has 1 N–H and O–H groups in total. The Balaban J connectivity index is 2.09. The first-order chi connectivity index (χ1) is 12.4. The summed E-state index contributed by atoms with van der Waals surface area (Å²) in [5, 5.41) is 20.2. The van der Waals surface area contributed by atoms with Crippen LogP contribution in [0.15, 0.2) is 12.3 Å². The molecule has 1 saturated heterocycles. The highest BCUT2D eigenvalue weighted by Crippen LogP contribution is 2.36. The number of pyridine rings is 1. The molecule has 11 heteroatoms. The highest BCUT2D eigenvalue weighted by Gasteiger charge is 2.52. The number of nitrogens with zero attached hydrogens (tertiary/aromatic N) is 3. The number of rotatable bonds is 7. The third-order valence-electron chi connectivity index (χ3n) is 4.78. The minimum atomic E-state index is -1.05. The monoisotopic (exact) mass is 381 g/mol. The Hall–Kier alpha value is -2.40. The molecule has 1 aliphatic heterocycles. The van der Waals surface area contributed by atoms with Crippen LogP contribution in [0.25, 0.3) is 0 Å². The van der Waals surface area contributed by atoms with Crippen molar-refractivity contribution < 1.29 is 28.9 Å². The number of carboxylic acid groups (broad SMARTS) is 1. The predicted molar refractivity (Wildman–Crippen MR) is 97.4 cm³/mol. The van der Waals surface area contributed by atoms with Crippen LogP contribution in [0.5, 0.6) is 5.88 Å². The summed E-state index contributed by atoms with van der Waals surface area (Å²) in [6.07, 6.45) is 0.750. The maximum atomic E-state index is 11.4. The maximum absolute atomic E-state index is 11.4. The first kappa shape index (κ1) is 20.9. The Kier molecular flexibility index (Phi) is 5.96. The van der Waals surface area contributed by atoms with Gasteiger partial charge in [-0.15, -0.1) is 0 Å². The predicted octanol–water partition coefficient (Wildman–Crippen LogP) is 1.67. The fourth-order valence-electron chi connectivity index (χ4n) is 2.37. The molecule has 1 aliphatic rings. The molecule has 1 aromatic rings. The molecule has 1 aromatic heterocycles. The highest BCUT2D eigenvalue weighted by molar-refractivity contribution is 6.62. The quantitative estimate of drug-likeness (QED) is 0.327. The van der Waals surface area contributed by atoms with E-state index in [0.29, 0.717) is 11.9 Å². The van der Waals surface area contributed by atoms with Gasteiger partial charge in [0, 0.05) is 31.3 Å². The average Bonchev–Trinajstić information content (AvgIpc) is 2.79. The summed E-state index contributed by atoms with van der Waals surface area (Å²) < 4.78 is 17.1. The molecule has 0 aliphatic carbocycles. The SMILES string of the molecule is CN(CCCOc1ncc(B2OC(C)(C)C(C)(C)O2)cc1[N+](=O)[O-])C(=O)O. The third kappa shape index (κ3) is 4.66. The second-order valence-electron chi connectivity index (χ2n) is 7.34. The average molecular weight is 381 g/mol. The molecule has 0 saturated carbocycles. The molecule has 0 atom stereocenters. The molecule has 27 heavy (non-hydrogen) atoms. The first-order valence-corrected chi connectivity index (χ1v) is 8.51. The maximum Gasteiger partial charge on any atom is 0.496 e. The summed E-state index contributed by atoms with van der Waals surface area (Å²) >= 11 is 0. The summed E-state index contributed by atoms with van der Waals surface area (Å²) in [5.41, 5.74) is -1.01. The second-order valence-corrected chi connectivity index (χ2v) is 7.34. The van der Waals surface area contributed by atoms with Crippen LogP contribution in [0.1, 0.15) is 34.1 Å². The lowest BCUT2D eigenvalue weighted by Gasteiger charge is -2.32. The zero-order chi connectivity index (χ0) is 20.4. The topological polar surface area (TPSA) is 124 Å². The summed E-state index contributed by atoms with van der Waals surface area (Å²) in [4.78, 5) is 26.7. The Labute approximate surface area is 157 Å². The van der Waals surface area contributed by atoms with Crippen LogP contribution in [0.4, 0.5) is 10.5 Å². The Morgan fingerprint density at radius 2 is 1.96 bits per heavy atom. The van der Waals surface area contributed by atoms with Crippen molar-refractivity contribution in [1.82, 2.24) is 9.88 Å². The molecule has 2 heterocycles. The molecule has 0 spiro atoms. The molecular weight excluding hydrogens is 357 g/mol. The molecular formula is C16H24BN3O7. The van der Waals surface area contributed by atoms with Gasteiger partial charge in [0.25, 0.3) is 5.88 Å². The zero-order valence-electron chi connectivity index (χ0n) is 16.1. The van der Waals surface area contributed by atoms with Crippen molar-refractivity contribution >= 4 is 24.4 Å². The van der Waals surface area contributed by atoms with Gasteiger partial charge < -0.3 is 24.1 Å². The highest BCUT2D eigenvalue weighted by atomic mass is 16.7. The third-order valence-corrected chi connectivity index (χ3v) is 4.78. The normalized spacial score (nSPS) is 17.6. The molecule has 1 amide bonds. The van der Waals surface area contributed by atoms with Gasteiger partial charge in [-0.2, -0.15) is 0 Å². The van der Waals surface area contributed by atoms with E-state index < -0.39 is 29.3 Å². The number of ether oxygens (including phenoxy) is 1. The smallest absolute Gasteiger partial charge is 0.473 e. The van der Waals surface area contributed by atoms with Crippen molar-refractivity contribution in [2.45, 2.75) is 45.3 Å². The Morgan fingerprint density at radius 1 is 1.37 bits per heavy atom. The van der Waals surface area contributed by atoms with Crippen LogP contribution in [-0.4, -0.2) is 64.5 Å². The minimum Gasteiger partial charge on any atom is -0.473 e. The van der Waals surface area contributed by atoms with E-state index in [-0.39, 0.29) is 24.7 Å². The molecule has 10 nitrogen and oxygen atoms in total. The summed E-state index contributed by atoms with van der Waals surface area (Å²) in [7, 11) is 0.669. The van der Waals surface area contributed by atoms with E-state index in [0.717, 1.165) is 4.90 Å². The minimum absolute atomic E-state index is 0.0985. The van der Waals surface area contributed by atoms with Crippen LogP contribution in [0, 0.1) is 10.1 Å². The Morgan fingerprint density at radius 3 is 2.48 bits per heavy atom. The van der Waals surface area contributed by atoms with E-state index >= 15 is 0 Å². The standard InChI is InChI=1S/C16H24BN3O7/c1-15(2)16(3,4)27-17(26-15)11-9-12(20(23)24)13(18-10-11)25-8-6-7-19(5)14(21)22/h9-10H,6-8H2,1-5H3,(H,21,22). The van der Waals surface area contributed by atoms with Crippen molar-refractivity contribution in [1.29, 1.82) is 0 Å². The van der Waals surface area contributed by atoms with Gasteiger partial charge in [-0.25, -0.2) is 9.78 Å². The van der Waals surface area contributed by atoms with Gasteiger partial charge in [0.2, 0.25) is 0 Å². The van der Waals surface area contributed by atoms with Crippen molar-refractivity contribution in [2.75, 3.05) is 20.2 Å². The van der Waals surface area contributed by atoms with E-state index in [4.69, 9.17) is 19.2 Å². The van der Waals surface area contributed by atoms with Gasteiger partial charge in [-0.05, 0) is 34.1 Å². The summed E-state index contributed by atoms with van der Waals surface area (Å²) in [6.45, 7) is 7.90. The number of hydrogen-bond acceptors (Lipinski definition) is 7. The van der Waals surface area contributed by atoms with Crippen molar-refractivity contribution in [3.63, 3.8) is 0 Å². The van der Waals surface area contributed by atoms with Crippen LogP contribution in [0.2, 0.25) is 0 Å². The lowest BCUT2D eigenvalue weighted by atomic mass is 9.80. The molecule has 0 unspecified atom stereocenters. The summed E-state index contributed by atoms with van der Waals surface area (Å²) in [6, 6.07) is 1.33. The van der Waals surface area contributed by atoms with E-state index in [2.05, 4.69) is 4.98 Å². The first-order valence-electron chi connectivity index (χ1n) is 8.51. The number of hydrogen-bond donors (Lipinski definition) is 1. The number of carbonyl (C=O) groups is 1. The van der Waals surface area contributed by atoms with Gasteiger partial charge >= 0.3 is 18.9 Å². The van der Waals surface area contributed by atoms with Gasteiger partial charge in [0.15, 0.2) is 0 Å². The molecule has 0 bridgehead atoms. The van der Waals surface area contributed by atoms with Gasteiger partial charge in [-0.3, -0.25) is 10.1 Å². The molecule has 148 valence electrons. The van der Waals surface area contributed by atoms with Crippen molar-refractivity contribution in [3.8, 4) is 5.88 Å². The lowest BCUT2D eigenvalue weighted by Crippen LogP contribution is -2.41. The summed E-state index contributed by atoms with van der Waals surface area (Å²) in [5.74, 6) is -0.127. The zero-order valence-corrected chi connectivity index (χ0v) is 16.1. The van der Waals surface area contributed by atoms with Gasteiger partial charge in [-0.1, -0.05) is 0 Å². The van der Waals surface area contributed by atoms with E-state index in [1.165, 1.54) is 19.3 Å². The van der Waals surface area contributed by atoms with Crippen LogP contribution in [0.3, 0.4) is 0 Å². The number of nitro groups is 1. The molecule has 0 aromatic carbocycles. The number of aromatic nitrogens is 1. The fourth-order valence-corrected chi connectivity index (χ4v) is 2.37. The Bertz CT molecular complexity index is 710. The largest absolute Gasteiger partial charge is 0.496 e. The van der Waals surface area contributed by atoms with E-state index in [1.54, 1.807) is 0 Å². The second kappa shape index (κ2) is 7.69. The van der Waals surface area contributed by atoms with Gasteiger partial charge in [0.1, 0.15) is 0 Å². The van der Waals surface area contributed by atoms with Crippen LogP contribution >= 0.6 is 0 Å². The van der Waals surface area contributed by atoms with Gasteiger partial charge in [0.05, 0.1) is 22.7 Å². The van der Waals surface area contributed by atoms with E-state index in [9.17, 15) is 14.9 Å². The van der Waals surface area contributed by atoms with Crippen LogP contribution in [-0.2, 0) is 9.31 Å². The van der Waals surface area contributed by atoms with Crippen LogP contribution < -0.4 is 10.2 Å². The molecule has 1 fully saturated rings. The lowest BCUT2D eigenvalue weighted by molar-refractivity contribution is -0.386. The fraction of sp³-hybridized carbons (Fsp3) is 0.625. The van der Waals surface area contributed by atoms with Crippen molar-refractivity contribution in [3.05, 3.63) is 22.4 Å². The molecule has 2 rings (SSSR count). The number of amides is 1.